The lowest BCUT2D eigenvalue weighted by Gasteiger charge is -2.37. The van der Waals surface area contributed by atoms with Gasteiger partial charge in [-0.05, 0) is 36.5 Å². The van der Waals surface area contributed by atoms with E-state index in [4.69, 9.17) is 5.73 Å². The van der Waals surface area contributed by atoms with E-state index in [2.05, 4.69) is 18.7 Å². The third-order valence-electron chi connectivity index (χ3n) is 4.25. The number of halogens is 1. The van der Waals surface area contributed by atoms with Gasteiger partial charge < -0.3 is 5.73 Å². The summed E-state index contributed by atoms with van der Waals surface area (Å²) in [6, 6.07) is 7.70. The molecule has 20 heavy (non-hydrogen) atoms. The summed E-state index contributed by atoms with van der Waals surface area (Å²) in [6.45, 7) is 6.15. The Morgan fingerprint density at radius 1 is 1.20 bits per heavy atom. The van der Waals surface area contributed by atoms with Crippen molar-refractivity contribution < 1.29 is 4.39 Å². The summed E-state index contributed by atoms with van der Waals surface area (Å²) in [5.41, 5.74) is 7.19. The molecule has 0 bridgehead atoms. The van der Waals surface area contributed by atoms with Gasteiger partial charge in [0.05, 0.1) is 0 Å². The van der Waals surface area contributed by atoms with Gasteiger partial charge in [-0.3, -0.25) is 4.90 Å². The Hall–Kier alpha value is -0.930. The van der Waals surface area contributed by atoms with Crippen molar-refractivity contribution in [2.75, 3.05) is 13.1 Å². The van der Waals surface area contributed by atoms with E-state index in [1.165, 1.54) is 25.7 Å². The molecule has 2 N–H and O–H groups in total. The molecule has 1 fully saturated rings. The number of benzene rings is 1. The van der Waals surface area contributed by atoms with Gasteiger partial charge in [0.1, 0.15) is 5.82 Å². The first kappa shape index (κ1) is 15.5. The van der Waals surface area contributed by atoms with Gasteiger partial charge in [-0.25, -0.2) is 4.39 Å². The zero-order valence-corrected chi connectivity index (χ0v) is 12.7. The van der Waals surface area contributed by atoms with Crippen LogP contribution in [0, 0.1) is 11.7 Å². The van der Waals surface area contributed by atoms with Gasteiger partial charge in [0, 0.05) is 25.2 Å². The molecule has 0 radical (unpaired) electrons. The second kappa shape index (κ2) is 7.19. The predicted octanol–water partition coefficient (Wildman–Crippen LogP) is 3.73. The number of hydrogen-bond acceptors (Lipinski definition) is 2. The highest BCUT2D eigenvalue weighted by molar-refractivity contribution is 5.20. The minimum atomic E-state index is -0.180. The highest BCUT2D eigenvalue weighted by atomic mass is 19.1. The summed E-state index contributed by atoms with van der Waals surface area (Å²) in [5.74, 6) is 0.436. The molecule has 1 atom stereocenters. The van der Waals surface area contributed by atoms with Crippen LogP contribution in [0.15, 0.2) is 24.3 Å². The van der Waals surface area contributed by atoms with Gasteiger partial charge in [0.25, 0.3) is 0 Å². The van der Waals surface area contributed by atoms with Crippen molar-refractivity contribution >= 4 is 0 Å². The topological polar surface area (TPSA) is 29.3 Å². The molecule has 1 aromatic rings. The summed E-state index contributed by atoms with van der Waals surface area (Å²) >= 11 is 0. The lowest BCUT2D eigenvalue weighted by Crippen LogP contribution is -2.42. The monoisotopic (exact) mass is 278 g/mol. The van der Waals surface area contributed by atoms with Gasteiger partial charge >= 0.3 is 0 Å². The van der Waals surface area contributed by atoms with E-state index in [1.54, 1.807) is 12.1 Å². The summed E-state index contributed by atoms with van der Waals surface area (Å²) in [5, 5.41) is 0. The summed E-state index contributed by atoms with van der Waals surface area (Å²) < 4.78 is 13.1. The van der Waals surface area contributed by atoms with Gasteiger partial charge in [0.2, 0.25) is 0 Å². The van der Waals surface area contributed by atoms with Crippen LogP contribution in [0.4, 0.5) is 4.39 Å². The van der Waals surface area contributed by atoms with E-state index < -0.39 is 0 Å². The molecule has 112 valence electrons. The van der Waals surface area contributed by atoms with E-state index in [1.807, 2.05) is 12.1 Å². The molecule has 1 unspecified atom stereocenters. The standard InChI is InChI=1S/C17H27FN2/c1-13(2)12-20(16-5-3-4-6-16)17(11-19)14-7-9-15(18)10-8-14/h7-10,13,16-17H,3-6,11-12,19H2,1-2H3. The average molecular weight is 278 g/mol. The second-order valence-corrected chi connectivity index (χ2v) is 6.33. The van der Waals surface area contributed by atoms with Crippen molar-refractivity contribution in [2.45, 2.75) is 51.6 Å². The van der Waals surface area contributed by atoms with Crippen molar-refractivity contribution in [3.63, 3.8) is 0 Å². The molecule has 2 rings (SSSR count). The van der Waals surface area contributed by atoms with Crippen LogP contribution in [0.2, 0.25) is 0 Å². The van der Waals surface area contributed by atoms with E-state index >= 15 is 0 Å². The van der Waals surface area contributed by atoms with E-state index in [9.17, 15) is 4.39 Å². The van der Waals surface area contributed by atoms with Crippen LogP contribution in [-0.2, 0) is 0 Å². The van der Waals surface area contributed by atoms with Gasteiger partial charge in [-0.2, -0.15) is 0 Å². The van der Waals surface area contributed by atoms with Gasteiger partial charge in [-0.15, -0.1) is 0 Å². The molecule has 0 aliphatic heterocycles. The Morgan fingerprint density at radius 3 is 2.30 bits per heavy atom. The maximum atomic E-state index is 13.1. The molecule has 1 aromatic carbocycles. The minimum absolute atomic E-state index is 0.180. The normalized spacial score (nSPS) is 18.1. The summed E-state index contributed by atoms with van der Waals surface area (Å²) in [4.78, 5) is 2.56. The molecule has 1 aliphatic carbocycles. The van der Waals surface area contributed by atoms with Crippen molar-refractivity contribution in [2.24, 2.45) is 11.7 Å². The maximum absolute atomic E-state index is 13.1. The molecule has 2 nitrogen and oxygen atoms in total. The summed E-state index contributed by atoms with van der Waals surface area (Å²) in [7, 11) is 0. The van der Waals surface area contributed by atoms with Crippen molar-refractivity contribution in [1.82, 2.24) is 4.90 Å². The Labute approximate surface area is 122 Å². The van der Waals surface area contributed by atoms with Crippen molar-refractivity contribution in [3.8, 4) is 0 Å². The van der Waals surface area contributed by atoms with Crippen LogP contribution in [0.3, 0.4) is 0 Å². The molecule has 0 aromatic heterocycles. The molecule has 0 heterocycles. The molecule has 0 amide bonds. The van der Waals surface area contributed by atoms with Crippen LogP contribution < -0.4 is 5.73 Å². The van der Waals surface area contributed by atoms with Crippen molar-refractivity contribution in [3.05, 3.63) is 35.6 Å². The zero-order valence-electron chi connectivity index (χ0n) is 12.7. The first-order valence-electron chi connectivity index (χ1n) is 7.83. The number of nitrogens with zero attached hydrogens (tertiary/aromatic N) is 1. The fourth-order valence-corrected chi connectivity index (χ4v) is 3.34. The first-order valence-corrected chi connectivity index (χ1v) is 7.83. The minimum Gasteiger partial charge on any atom is -0.329 e. The van der Waals surface area contributed by atoms with E-state index in [-0.39, 0.29) is 11.9 Å². The first-order chi connectivity index (χ1) is 9.61. The quantitative estimate of drug-likeness (QED) is 0.859. The Bertz CT molecular complexity index is 396. The predicted molar refractivity (Wildman–Crippen MR) is 82.0 cm³/mol. The van der Waals surface area contributed by atoms with E-state index in [0.717, 1.165) is 12.1 Å². The third kappa shape index (κ3) is 3.80. The largest absolute Gasteiger partial charge is 0.329 e. The Morgan fingerprint density at radius 2 is 1.80 bits per heavy atom. The van der Waals surface area contributed by atoms with Gasteiger partial charge in [-0.1, -0.05) is 38.8 Å². The Kier molecular flexibility index (Phi) is 5.55. The smallest absolute Gasteiger partial charge is 0.123 e. The number of nitrogens with two attached hydrogens (primary N) is 1. The lowest BCUT2D eigenvalue weighted by molar-refractivity contribution is 0.121. The Balaban J connectivity index is 2.20. The molecular formula is C17H27FN2. The second-order valence-electron chi connectivity index (χ2n) is 6.33. The van der Waals surface area contributed by atoms with Gasteiger partial charge in [0.15, 0.2) is 0 Å². The SMILES string of the molecule is CC(C)CN(C1CCCC1)C(CN)c1ccc(F)cc1. The fraction of sp³-hybridized carbons (Fsp3) is 0.647. The lowest BCUT2D eigenvalue weighted by atomic mass is 10.0. The zero-order chi connectivity index (χ0) is 14.5. The van der Waals surface area contributed by atoms with E-state index in [0.29, 0.717) is 18.5 Å². The maximum Gasteiger partial charge on any atom is 0.123 e. The molecule has 1 aliphatic rings. The fourth-order valence-electron chi connectivity index (χ4n) is 3.34. The average Bonchev–Trinajstić information content (AvgIpc) is 2.94. The molecular weight excluding hydrogens is 251 g/mol. The highest BCUT2D eigenvalue weighted by Gasteiger charge is 2.29. The number of rotatable bonds is 6. The van der Waals surface area contributed by atoms with Crippen LogP contribution in [0.1, 0.15) is 51.1 Å². The van der Waals surface area contributed by atoms with Crippen LogP contribution in [0.5, 0.6) is 0 Å². The molecule has 1 saturated carbocycles. The third-order valence-corrected chi connectivity index (χ3v) is 4.25. The molecule has 3 heteroatoms. The molecule has 0 saturated heterocycles. The number of hydrogen-bond donors (Lipinski definition) is 1. The van der Waals surface area contributed by atoms with Crippen LogP contribution in [-0.4, -0.2) is 24.0 Å². The van der Waals surface area contributed by atoms with Crippen LogP contribution >= 0.6 is 0 Å². The van der Waals surface area contributed by atoms with Crippen LogP contribution in [0.25, 0.3) is 0 Å². The summed E-state index contributed by atoms with van der Waals surface area (Å²) in [6.07, 6.45) is 5.18. The molecule has 0 spiro atoms. The highest BCUT2D eigenvalue weighted by Crippen LogP contribution is 2.31. The van der Waals surface area contributed by atoms with Crippen molar-refractivity contribution in [1.29, 1.82) is 0 Å².